The summed E-state index contributed by atoms with van der Waals surface area (Å²) in [6, 6.07) is 8.58. The fourth-order valence-electron chi connectivity index (χ4n) is 3.64. The number of carbonyl (C=O) groups excluding carboxylic acids is 2. The summed E-state index contributed by atoms with van der Waals surface area (Å²) < 4.78 is 5.33. The van der Waals surface area contributed by atoms with Gasteiger partial charge in [-0.3, -0.25) is 9.59 Å². The normalized spacial score (nSPS) is 30.5. The summed E-state index contributed by atoms with van der Waals surface area (Å²) in [4.78, 5) is 39.7. The molecule has 0 aromatic heterocycles. The minimum atomic E-state index is -1.47. The monoisotopic (exact) mass is 422 g/mol. The molecule has 0 radical (unpaired) electrons. The molecule has 1 aromatic rings. The van der Waals surface area contributed by atoms with Crippen LogP contribution in [0.15, 0.2) is 35.2 Å². The molecule has 28 heavy (non-hydrogen) atoms. The highest BCUT2D eigenvalue weighted by Gasteiger charge is 2.74. The Morgan fingerprint density at radius 1 is 1.32 bits per heavy atom. The Morgan fingerprint density at radius 2 is 2.00 bits per heavy atom. The van der Waals surface area contributed by atoms with Crippen molar-refractivity contribution < 1.29 is 24.2 Å². The van der Waals surface area contributed by atoms with Crippen molar-refractivity contribution in [3.63, 3.8) is 0 Å². The van der Waals surface area contributed by atoms with E-state index in [-0.39, 0.29) is 17.8 Å². The number of hydrogen-bond acceptors (Lipinski definition) is 6. The van der Waals surface area contributed by atoms with E-state index < -0.39 is 33.8 Å². The first-order valence-corrected chi connectivity index (χ1v) is 11.0. The number of rotatable bonds is 7. The minimum absolute atomic E-state index is 0.0687. The molecular formula is C19H22N2O5S2. The number of fused-ring (bicyclic) bond motifs is 1. The van der Waals surface area contributed by atoms with Crippen LogP contribution in [0.25, 0.3) is 0 Å². The molecule has 3 aliphatic rings. The van der Waals surface area contributed by atoms with Crippen molar-refractivity contribution in [3.05, 3.63) is 30.3 Å². The second-order valence-corrected chi connectivity index (χ2v) is 10.5. The van der Waals surface area contributed by atoms with Gasteiger partial charge in [-0.2, -0.15) is 0 Å². The molecule has 1 aromatic carbocycles. The zero-order chi connectivity index (χ0) is 20.1. The highest BCUT2D eigenvalue weighted by Crippen LogP contribution is 2.56. The second kappa shape index (κ2) is 6.96. The van der Waals surface area contributed by atoms with Gasteiger partial charge in [-0.1, -0.05) is 18.2 Å². The maximum atomic E-state index is 13.0. The molecule has 3 fully saturated rings. The third-order valence-corrected chi connectivity index (χ3v) is 7.68. The number of nitrogens with one attached hydrogen (secondary N) is 1. The van der Waals surface area contributed by atoms with Crippen molar-refractivity contribution in [2.75, 3.05) is 5.75 Å². The average molecular weight is 423 g/mol. The molecule has 0 bridgehead atoms. The number of β-lactam (4-membered cyclic amide) rings is 1. The summed E-state index contributed by atoms with van der Waals surface area (Å²) >= 11 is 2.75. The highest BCUT2D eigenvalue weighted by molar-refractivity contribution is 8.01. The smallest absolute Gasteiger partial charge is 0.327 e. The summed E-state index contributed by atoms with van der Waals surface area (Å²) in [6.07, 6.45) is 1.61. The summed E-state index contributed by atoms with van der Waals surface area (Å²) in [5, 5.41) is 11.9. The molecule has 2 heterocycles. The first-order valence-electron chi connectivity index (χ1n) is 9.15. The number of thioether (sulfide) groups is 2. The van der Waals surface area contributed by atoms with E-state index in [1.54, 1.807) is 13.8 Å². The maximum Gasteiger partial charge on any atom is 0.327 e. The van der Waals surface area contributed by atoms with Gasteiger partial charge in [0.15, 0.2) is 0 Å². The Kier molecular flexibility index (Phi) is 4.87. The van der Waals surface area contributed by atoms with Crippen LogP contribution < -0.4 is 5.32 Å². The van der Waals surface area contributed by atoms with Gasteiger partial charge >= 0.3 is 5.97 Å². The standard InChI is InChI=1S/C19H22N2O5S2/c1-18(2)14(15(23)24)21-16(25)19(17(21)28-18,26-11-8-9-11)20-13(22)10-27-12-6-4-3-5-7-12/h3-7,11,14,17H,8-10H2,1-2H3,(H,20,22)(H,23,24)/t14-,17+,19?/m0/s1. The van der Waals surface area contributed by atoms with Gasteiger partial charge in [0.2, 0.25) is 5.91 Å². The summed E-state index contributed by atoms with van der Waals surface area (Å²) in [6.45, 7) is 3.61. The molecule has 2 saturated heterocycles. The second-order valence-electron chi connectivity index (χ2n) is 7.73. The van der Waals surface area contributed by atoms with Crippen molar-refractivity contribution in [3.8, 4) is 0 Å². The number of aliphatic carboxylic acids is 1. The summed E-state index contributed by atoms with van der Waals surface area (Å²) in [5.41, 5.74) is -1.47. The fourth-order valence-corrected chi connectivity index (χ4v) is 5.99. The van der Waals surface area contributed by atoms with Gasteiger partial charge < -0.3 is 20.1 Å². The number of nitrogens with zero attached hydrogens (tertiary/aromatic N) is 1. The minimum Gasteiger partial charge on any atom is -0.480 e. The summed E-state index contributed by atoms with van der Waals surface area (Å²) in [5.74, 6) is -1.66. The number of amides is 2. The van der Waals surface area contributed by atoms with Crippen molar-refractivity contribution in [2.45, 2.75) is 59.6 Å². The molecule has 7 nitrogen and oxygen atoms in total. The average Bonchev–Trinajstić information content (AvgIpc) is 3.41. The van der Waals surface area contributed by atoms with Crippen LogP contribution in [0.4, 0.5) is 0 Å². The molecule has 2 amide bonds. The quantitative estimate of drug-likeness (QED) is 0.394. The van der Waals surface area contributed by atoms with Crippen LogP contribution in [0.2, 0.25) is 0 Å². The molecule has 3 atom stereocenters. The Balaban J connectivity index is 1.51. The summed E-state index contributed by atoms with van der Waals surface area (Å²) in [7, 11) is 0. The van der Waals surface area contributed by atoms with E-state index in [0.29, 0.717) is 0 Å². The Labute approximate surface area is 171 Å². The maximum absolute atomic E-state index is 13.0. The van der Waals surface area contributed by atoms with Crippen molar-refractivity contribution in [1.29, 1.82) is 0 Å². The number of hydrogen-bond donors (Lipinski definition) is 2. The van der Waals surface area contributed by atoms with E-state index >= 15 is 0 Å². The van der Waals surface area contributed by atoms with Crippen molar-refractivity contribution >= 4 is 41.3 Å². The van der Waals surface area contributed by atoms with Crippen LogP contribution >= 0.6 is 23.5 Å². The molecule has 2 aliphatic heterocycles. The van der Waals surface area contributed by atoms with Gasteiger partial charge in [-0.15, -0.1) is 23.5 Å². The lowest BCUT2D eigenvalue weighted by Gasteiger charge is -2.52. The topological polar surface area (TPSA) is 95.9 Å². The van der Waals surface area contributed by atoms with E-state index in [4.69, 9.17) is 4.74 Å². The van der Waals surface area contributed by atoms with Crippen LogP contribution in [-0.2, 0) is 19.1 Å². The zero-order valence-corrected chi connectivity index (χ0v) is 17.2. The molecule has 2 N–H and O–H groups in total. The third kappa shape index (κ3) is 3.29. The number of benzene rings is 1. The van der Waals surface area contributed by atoms with E-state index in [2.05, 4.69) is 5.32 Å². The molecule has 1 saturated carbocycles. The van der Waals surface area contributed by atoms with Gasteiger partial charge in [0.25, 0.3) is 11.6 Å². The Hall–Kier alpha value is -1.71. The van der Waals surface area contributed by atoms with E-state index in [1.807, 2.05) is 30.3 Å². The number of carbonyl (C=O) groups is 3. The lowest BCUT2D eigenvalue weighted by Crippen LogP contribution is -2.81. The molecule has 150 valence electrons. The van der Waals surface area contributed by atoms with Gasteiger partial charge in [0.1, 0.15) is 11.4 Å². The number of carboxylic acids is 1. The SMILES string of the molecule is CC1(C)S[C@H]2N(C(=O)C2(NC(=O)CSc2ccccc2)OC2CC2)[C@H]1C(=O)O. The van der Waals surface area contributed by atoms with E-state index in [9.17, 15) is 19.5 Å². The number of ether oxygens (including phenoxy) is 1. The Bertz CT molecular complexity index is 814. The predicted molar refractivity (Wildman–Crippen MR) is 106 cm³/mol. The number of carboxylic acid groups (broad SMARTS) is 1. The first kappa shape index (κ1) is 19.6. The predicted octanol–water partition coefficient (Wildman–Crippen LogP) is 1.92. The third-order valence-electron chi connectivity index (χ3n) is 5.05. The van der Waals surface area contributed by atoms with Gasteiger partial charge in [0.05, 0.1) is 11.9 Å². The van der Waals surface area contributed by atoms with Gasteiger partial charge in [0, 0.05) is 9.64 Å². The molecule has 0 spiro atoms. The molecule has 9 heteroatoms. The lowest BCUT2D eigenvalue weighted by molar-refractivity contribution is -0.209. The van der Waals surface area contributed by atoms with Crippen LogP contribution in [0.1, 0.15) is 26.7 Å². The molecule has 1 aliphatic carbocycles. The lowest BCUT2D eigenvalue weighted by atomic mass is 9.93. The van der Waals surface area contributed by atoms with Crippen molar-refractivity contribution in [1.82, 2.24) is 10.2 Å². The molecular weight excluding hydrogens is 400 g/mol. The van der Waals surface area contributed by atoms with Crippen LogP contribution in [0.5, 0.6) is 0 Å². The van der Waals surface area contributed by atoms with Crippen LogP contribution in [0, 0.1) is 0 Å². The highest BCUT2D eigenvalue weighted by atomic mass is 32.2. The molecule has 4 rings (SSSR count). The van der Waals surface area contributed by atoms with E-state index in [1.165, 1.54) is 28.4 Å². The Morgan fingerprint density at radius 3 is 2.61 bits per heavy atom. The van der Waals surface area contributed by atoms with Gasteiger partial charge in [-0.05, 0) is 38.8 Å². The largest absolute Gasteiger partial charge is 0.480 e. The van der Waals surface area contributed by atoms with Crippen molar-refractivity contribution in [2.24, 2.45) is 0 Å². The molecule has 1 unspecified atom stereocenters. The van der Waals surface area contributed by atoms with Crippen LogP contribution in [-0.4, -0.2) is 61.5 Å². The first-order chi connectivity index (χ1) is 13.2. The van der Waals surface area contributed by atoms with E-state index in [0.717, 1.165) is 17.7 Å². The van der Waals surface area contributed by atoms with Gasteiger partial charge in [-0.25, -0.2) is 4.79 Å². The van der Waals surface area contributed by atoms with Crippen LogP contribution in [0.3, 0.4) is 0 Å². The fraction of sp³-hybridized carbons (Fsp3) is 0.526. The zero-order valence-electron chi connectivity index (χ0n) is 15.6.